The number of fused-ring (bicyclic) bond motifs is 3. The Morgan fingerprint density at radius 3 is 2.42 bits per heavy atom. The van der Waals surface area contributed by atoms with Gasteiger partial charge < -0.3 is 29.8 Å². The predicted octanol–water partition coefficient (Wildman–Crippen LogP) is 4.53. The first-order valence-corrected chi connectivity index (χ1v) is 12.3. The molecule has 1 atom stereocenters. The standard InChI is InChI=1S/C29H29FN2O6/c1-29(15-33,16-34)17-37-21-7-2-18(3-8-21)27-26-23(24-14-20(35)6-11-25(24)31-26)12-13-32(27)28(36)38-22-9-4-19(30)5-10-22/h2-11,14,27,31,33-35H,12-13,15-17H2,1H3/t27-/m0/s1. The first kappa shape index (κ1) is 25.6. The number of amides is 1. The Labute approximate surface area is 218 Å². The van der Waals surface area contributed by atoms with Crippen LogP contribution in [-0.2, 0) is 6.42 Å². The van der Waals surface area contributed by atoms with Crippen molar-refractivity contribution < 1.29 is 34.0 Å². The number of aromatic amines is 1. The average Bonchev–Trinajstić information content (AvgIpc) is 3.30. The number of phenolic OH excluding ortho intramolecular Hbond substituents is 1. The second-order valence-corrected chi connectivity index (χ2v) is 9.90. The second-order valence-electron chi connectivity index (χ2n) is 9.90. The van der Waals surface area contributed by atoms with Crippen LogP contribution < -0.4 is 9.47 Å². The number of hydrogen-bond acceptors (Lipinski definition) is 6. The molecule has 1 amide bonds. The Balaban J connectivity index is 1.48. The molecule has 0 radical (unpaired) electrons. The molecular formula is C29H29FN2O6. The summed E-state index contributed by atoms with van der Waals surface area (Å²) >= 11 is 0. The van der Waals surface area contributed by atoms with Crippen molar-refractivity contribution in [3.63, 3.8) is 0 Å². The lowest BCUT2D eigenvalue weighted by Crippen LogP contribution is -2.42. The van der Waals surface area contributed by atoms with Gasteiger partial charge in [-0.05, 0) is 72.1 Å². The number of ether oxygens (including phenoxy) is 2. The van der Waals surface area contributed by atoms with Crippen LogP contribution in [-0.4, -0.2) is 57.7 Å². The van der Waals surface area contributed by atoms with Gasteiger partial charge in [-0.1, -0.05) is 19.1 Å². The van der Waals surface area contributed by atoms with Crippen molar-refractivity contribution in [3.8, 4) is 17.2 Å². The molecule has 198 valence electrons. The first-order chi connectivity index (χ1) is 18.3. The number of halogens is 1. The zero-order chi connectivity index (χ0) is 26.9. The zero-order valence-corrected chi connectivity index (χ0v) is 20.9. The number of carbonyl (C=O) groups excluding carboxylic acids is 1. The van der Waals surface area contributed by atoms with Crippen molar-refractivity contribution in [3.05, 3.63) is 89.4 Å². The molecule has 0 fully saturated rings. The van der Waals surface area contributed by atoms with Crippen molar-refractivity contribution in [2.24, 2.45) is 5.41 Å². The molecule has 2 heterocycles. The number of aliphatic hydroxyl groups is 2. The summed E-state index contributed by atoms with van der Waals surface area (Å²) in [5, 5.41) is 30.0. The number of nitrogens with one attached hydrogen (secondary N) is 1. The summed E-state index contributed by atoms with van der Waals surface area (Å²) < 4.78 is 24.7. The smallest absolute Gasteiger partial charge is 0.416 e. The number of rotatable bonds is 7. The lowest BCUT2D eigenvalue weighted by Gasteiger charge is -2.35. The number of H-pyrrole nitrogens is 1. The van der Waals surface area contributed by atoms with Crippen LogP contribution in [0.15, 0.2) is 66.7 Å². The minimum atomic E-state index is -0.770. The Kier molecular flexibility index (Phi) is 6.96. The van der Waals surface area contributed by atoms with Gasteiger partial charge in [-0.2, -0.15) is 0 Å². The van der Waals surface area contributed by atoms with Crippen molar-refractivity contribution in [2.75, 3.05) is 26.4 Å². The third kappa shape index (κ3) is 5.03. The van der Waals surface area contributed by atoms with E-state index in [-0.39, 0.29) is 31.3 Å². The van der Waals surface area contributed by atoms with Crippen molar-refractivity contribution >= 4 is 17.0 Å². The van der Waals surface area contributed by atoms with Crippen LogP contribution in [0.5, 0.6) is 17.2 Å². The molecule has 4 N–H and O–H groups in total. The lowest BCUT2D eigenvalue weighted by molar-refractivity contribution is 0.0287. The fraction of sp³-hybridized carbons (Fsp3) is 0.276. The monoisotopic (exact) mass is 520 g/mol. The topological polar surface area (TPSA) is 115 Å². The molecule has 38 heavy (non-hydrogen) atoms. The van der Waals surface area contributed by atoms with Crippen LogP contribution in [0.1, 0.15) is 29.8 Å². The van der Waals surface area contributed by atoms with Gasteiger partial charge in [0.15, 0.2) is 0 Å². The number of aliphatic hydroxyl groups excluding tert-OH is 2. The van der Waals surface area contributed by atoms with Crippen molar-refractivity contribution in [2.45, 2.75) is 19.4 Å². The van der Waals surface area contributed by atoms with E-state index >= 15 is 0 Å². The number of benzene rings is 3. The van der Waals surface area contributed by atoms with E-state index < -0.39 is 23.4 Å². The van der Waals surface area contributed by atoms with E-state index in [4.69, 9.17) is 9.47 Å². The van der Waals surface area contributed by atoms with Crippen LogP contribution in [0.4, 0.5) is 9.18 Å². The van der Waals surface area contributed by atoms with Gasteiger partial charge in [0.2, 0.25) is 0 Å². The lowest BCUT2D eigenvalue weighted by atomic mass is 9.92. The van der Waals surface area contributed by atoms with Crippen LogP contribution >= 0.6 is 0 Å². The SMILES string of the molecule is CC(CO)(CO)COc1ccc([C@H]2c3[nH]c4ccc(O)cc4c3CCN2C(=O)Oc2ccc(F)cc2)cc1. The van der Waals surface area contributed by atoms with Crippen molar-refractivity contribution in [1.82, 2.24) is 9.88 Å². The average molecular weight is 521 g/mol. The van der Waals surface area contributed by atoms with E-state index in [2.05, 4.69) is 4.98 Å². The summed E-state index contributed by atoms with van der Waals surface area (Å²) in [6.45, 7) is 1.79. The summed E-state index contributed by atoms with van der Waals surface area (Å²) in [6.07, 6.45) is -0.0219. The summed E-state index contributed by atoms with van der Waals surface area (Å²) in [7, 11) is 0. The molecule has 1 aromatic heterocycles. The Bertz CT molecular complexity index is 1430. The highest BCUT2D eigenvalue weighted by Crippen LogP contribution is 2.40. The molecule has 3 aromatic carbocycles. The Hall–Kier alpha value is -4.08. The largest absolute Gasteiger partial charge is 0.508 e. The zero-order valence-electron chi connectivity index (χ0n) is 20.9. The molecule has 1 aliphatic heterocycles. The van der Waals surface area contributed by atoms with E-state index in [1.54, 1.807) is 42.2 Å². The molecule has 0 saturated carbocycles. The minimum absolute atomic E-state index is 0.133. The van der Waals surface area contributed by atoms with E-state index in [1.807, 2.05) is 12.1 Å². The van der Waals surface area contributed by atoms with Gasteiger partial charge in [0.1, 0.15) is 29.1 Å². The van der Waals surface area contributed by atoms with Crippen LogP contribution in [0.25, 0.3) is 10.9 Å². The van der Waals surface area contributed by atoms with Gasteiger partial charge >= 0.3 is 6.09 Å². The van der Waals surface area contributed by atoms with Gasteiger partial charge in [-0.25, -0.2) is 9.18 Å². The number of phenols is 1. The highest BCUT2D eigenvalue weighted by Gasteiger charge is 2.36. The van der Waals surface area contributed by atoms with Crippen molar-refractivity contribution in [1.29, 1.82) is 0 Å². The van der Waals surface area contributed by atoms with Gasteiger partial charge in [0, 0.05) is 28.6 Å². The molecule has 0 saturated heterocycles. The maximum absolute atomic E-state index is 13.3. The number of aromatic hydroxyl groups is 1. The molecule has 5 rings (SSSR count). The number of nitrogens with zero attached hydrogens (tertiary/aromatic N) is 1. The quantitative estimate of drug-likeness (QED) is 0.285. The first-order valence-electron chi connectivity index (χ1n) is 12.3. The fourth-order valence-corrected chi connectivity index (χ4v) is 4.63. The third-order valence-corrected chi connectivity index (χ3v) is 6.91. The van der Waals surface area contributed by atoms with Crippen LogP contribution in [0.2, 0.25) is 0 Å². The Morgan fingerprint density at radius 2 is 1.74 bits per heavy atom. The molecule has 0 bridgehead atoms. The second kappa shape index (κ2) is 10.4. The molecule has 4 aromatic rings. The van der Waals surface area contributed by atoms with Gasteiger partial charge in [0.05, 0.1) is 19.8 Å². The summed E-state index contributed by atoms with van der Waals surface area (Å²) in [5.74, 6) is 0.530. The summed E-state index contributed by atoms with van der Waals surface area (Å²) in [4.78, 5) is 18.4. The summed E-state index contributed by atoms with van der Waals surface area (Å²) in [5.41, 5.74) is 2.70. The van der Waals surface area contributed by atoms with Crippen LogP contribution in [0.3, 0.4) is 0 Å². The number of hydrogen-bond donors (Lipinski definition) is 4. The van der Waals surface area contributed by atoms with E-state index in [0.29, 0.717) is 18.7 Å². The number of aromatic nitrogens is 1. The molecule has 9 heteroatoms. The van der Waals surface area contributed by atoms with Gasteiger partial charge in [-0.15, -0.1) is 0 Å². The molecule has 1 aliphatic rings. The minimum Gasteiger partial charge on any atom is -0.508 e. The molecule has 0 aliphatic carbocycles. The molecule has 8 nitrogen and oxygen atoms in total. The number of carbonyl (C=O) groups is 1. The van der Waals surface area contributed by atoms with E-state index in [1.165, 1.54) is 24.3 Å². The Morgan fingerprint density at radius 1 is 1.05 bits per heavy atom. The summed E-state index contributed by atoms with van der Waals surface area (Å²) in [6, 6.07) is 17.1. The molecule has 0 unspecified atom stereocenters. The third-order valence-electron chi connectivity index (χ3n) is 6.91. The van der Waals surface area contributed by atoms with E-state index in [0.717, 1.165) is 27.7 Å². The highest BCUT2D eigenvalue weighted by atomic mass is 19.1. The van der Waals surface area contributed by atoms with E-state index in [9.17, 15) is 24.5 Å². The van der Waals surface area contributed by atoms with Gasteiger partial charge in [-0.3, -0.25) is 4.90 Å². The fourth-order valence-electron chi connectivity index (χ4n) is 4.63. The normalized spacial score (nSPS) is 15.4. The molecular weight excluding hydrogens is 491 g/mol. The predicted molar refractivity (Wildman–Crippen MR) is 139 cm³/mol. The van der Waals surface area contributed by atoms with Crippen LogP contribution in [0, 0.1) is 11.2 Å². The van der Waals surface area contributed by atoms with Gasteiger partial charge in [0.25, 0.3) is 0 Å². The maximum Gasteiger partial charge on any atom is 0.416 e. The maximum atomic E-state index is 13.3. The highest BCUT2D eigenvalue weighted by molar-refractivity contribution is 5.87. The molecule has 0 spiro atoms.